The molecule has 1 heterocycles. The van der Waals surface area contributed by atoms with E-state index in [-0.39, 0.29) is 0 Å². The second-order valence-electron chi connectivity index (χ2n) is 1.51. The van der Waals surface area contributed by atoms with Gasteiger partial charge in [0.1, 0.15) is 11.8 Å². The van der Waals surface area contributed by atoms with E-state index >= 15 is 0 Å². The van der Waals surface area contributed by atoms with Crippen LogP contribution < -0.4 is 0 Å². The highest BCUT2D eigenvalue weighted by Crippen LogP contribution is 2.07. The van der Waals surface area contributed by atoms with Crippen molar-refractivity contribution in [3.05, 3.63) is 24.6 Å². The van der Waals surface area contributed by atoms with Crippen molar-refractivity contribution in [1.29, 1.82) is 0 Å². The lowest BCUT2D eigenvalue weighted by atomic mass is 10.3. The van der Waals surface area contributed by atoms with Gasteiger partial charge in [-0.25, -0.2) is 0 Å². The molecule has 9 heavy (non-hydrogen) atoms. The molecule has 0 saturated carbocycles. The molecule has 4 heteroatoms. The van der Waals surface area contributed by atoms with Crippen LogP contribution in [0.5, 0.6) is 0 Å². The van der Waals surface area contributed by atoms with Gasteiger partial charge >= 0.3 is 0 Å². The minimum absolute atomic E-state index is 0.380. The summed E-state index contributed by atoms with van der Waals surface area (Å²) in [5.74, 6) is 0. The summed E-state index contributed by atoms with van der Waals surface area (Å²) < 4.78 is 4.37. The van der Waals surface area contributed by atoms with Gasteiger partial charge in [-0.2, -0.15) is 0 Å². The van der Waals surface area contributed by atoms with Crippen molar-refractivity contribution in [2.24, 2.45) is 0 Å². The molecular weight excluding hydrogens is 120 g/mol. The van der Waals surface area contributed by atoms with Crippen molar-refractivity contribution in [3.63, 3.8) is 0 Å². The number of aliphatic hydroxyl groups excluding tert-OH is 1. The molecule has 0 aliphatic carbocycles. The third-order valence-electron chi connectivity index (χ3n) is 0.903. The summed E-state index contributed by atoms with van der Waals surface area (Å²) >= 11 is 0. The van der Waals surface area contributed by atoms with Crippen LogP contribution in [0, 0.1) is 0 Å². The molecule has 1 aromatic heterocycles. The minimum Gasteiger partial charge on any atom is -0.382 e. The molecule has 0 radical (unpaired) electrons. The summed E-state index contributed by atoms with van der Waals surface area (Å²) in [7, 11) is 0. The first-order valence-corrected chi connectivity index (χ1v) is 2.42. The molecule has 1 rings (SSSR count). The maximum Gasteiger partial charge on any atom is 0.150 e. The van der Waals surface area contributed by atoms with Crippen LogP contribution in [-0.2, 0) is 0 Å². The lowest BCUT2D eigenvalue weighted by Crippen LogP contribution is -1.91. The Kier molecular flexibility index (Phi) is 1.60. The number of hydrogen-bond acceptors (Lipinski definition) is 4. The Labute approximate surface area is 51.8 Å². The Morgan fingerprint density at radius 1 is 1.89 bits per heavy atom. The SMILES string of the molecule is C=CC(O)c1conn1. The van der Waals surface area contributed by atoms with E-state index in [4.69, 9.17) is 5.11 Å². The fourth-order valence-electron chi connectivity index (χ4n) is 0.421. The van der Waals surface area contributed by atoms with E-state index in [1.54, 1.807) is 0 Å². The smallest absolute Gasteiger partial charge is 0.150 e. The van der Waals surface area contributed by atoms with Crippen LogP contribution in [0.3, 0.4) is 0 Å². The molecule has 0 aromatic carbocycles. The molecule has 0 saturated heterocycles. The zero-order valence-corrected chi connectivity index (χ0v) is 4.69. The topological polar surface area (TPSA) is 59.2 Å². The molecule has 48 valence electrons. The summed E-state index contributed by atoms with van der Waals surface area (Å²) in [6.07, 6.45) is 1.85. The Hall–Kier alpha value is -1.16. The largest absolute Gasteiger partial charge is 0.382 e. The zero-order valence-electron chi connectivity index (χ0n) is 4.69. The number of aliphatic hydroxyl groups is 1. The van der Waals surface area contributed by atoms with Crippen LogP contribution in [-0.4, -0.2) is 15.5 Å². The van der Waals surface area contributed by atoms with E-state index in [1.165, 1.54) is 12.3 Å². The summed E-state index contributed by atoms with van der Waals surface area (Å²) in [5, 5.41) is 15.5. The van der Waals surface area contributed by atoms with Crippen molar-refractivity contribution in [2.45, 2.75) is 6.10 Å². The maximum absolute atomic E-state index is 8.94. The Morgan fingerprint density at radius 2 is 2.67 bits per heavy atom. The molecule has 1 atom stereocenters. The third-order valence-corrected chi connectivity index (χ3v) is 0.903. The minimum atomic E-state index is -0.767. The van der Waals surface area contributed by atoms with Gasteiger partial charge in [-0.3, -0.25) is 0 Å². The first-order valence-electron chi connectivity index (χ1n) is 2.42. The zero-order chi connectivity index (χ0) is 6.69. The van der Waals surface area contributed by atoms with Crippen LogP contribution in [0.1, 0.15) is 11.8 Å². The van der Waals surface area contributed by atoms with E-state index in [2.05, 4.69) is 21.5 Å². The summed E-state index contributed by atoms with van der Waals surface area (Å²) in [4.78, 5) is 0. The number of nitrogens with zero attached hydrogens (tertiary/aromatic N) is 2. The van der Waals surface area contributed by atoms with Gasteiger partial charge in [-0.15, -0.1) is 11.7 Å². The fourth-order valence-corrected chi connectivity index (χ4v) is 0.421. The van der Waals surface area contributed by atoms with Crippen molar-refractivity contribution in [2.75, 3.05) is 0 Å². The summed E-state index contributed by atoms with van der Waals surface area (Å²) in [6, 6.07) is 0. The van der Waals surface area contributed by atoms with Crippen molar-refractivity contribution >= 4 is 0 Å². The third kappa shape index (κ3) is 1.14. The van der Waals surface area contributed by atoms with Gasteiger partial charge in [0.05, 0.1) is 0 Å². The molecule has 1 aromatic rings. The van der Waals surface area contributed by atoms with Crippen LogP contribution >= 0.6 is 0 Å². The Morgan fingerprint density at radius 3 is 3.11 bits per heavy atom. The predicted molar refractivity (Wildman–Crippen MR) is 29.5 cm³/mol. The van der Waals surface area contributed by atoms with Gasteiger partial charge in [-0.1, -0.05) is 6.08 Å². The van der Waals surface area contributed by atoms with Gasteiger partial charge in [-0.05, 0) is 0 Å². The van der Waals surface area contributed by atoms with E-state index in [9.17, 15) is 0 Å². The van der Waals surface area contributed by atoms with Crippen molar-refractivity contribution in [3.8, 4) is 0 Å². The highest BCUT2D eigenvalue weighted by Gasteiger charge is 2.04. The predicted octanol–water partition coefficient (Wildman–Crippen LogP) is 0.289. The lowest BCUT2D eigenvalue weighted by Gasteiger charge is -1.93. The molecule has 0 spiro atoms. The molecule has 0 aliphatic heterocycles. The lowest BCUT2D eigenvalue weighted by molar-refractivity contribution is 0.223. The standard InChI is InChI=1S/C5H6N2O2/c1-2-5(8)4-3-9-7-6-4/h2-3,5,8H,1H2. The quantitative estimate of drug-likeness (QED) is 0.578. The van der Waals surface area contributed by atoms with E-state index in [0.29, 0.717) is 5.69 Å². The molecular formula is C5H6N2O2. The number of rotatable bonds is 2. The highest BCUT2D eigenvalue weighted by atomic mass is 16.5. The number of aromatic nitrogens is 2. The van der Waals surface area contributed by atoms with Crippen molar-refractivity contribution < 1.29 is 9.63 Å². The van der Waals surface area contributed by atoms with Crippen LogP contribution in [0.25, 0.3) is 0 Å². The molecule has 0 fully saturated rings. The molecule has 0 bridgehead atoms. The van der Waals surface area contributed by atoms with Crippen LogP contribution in [0.2, 0.25) is 0 Å². The molecule has 0 aliphatic rings. The molecule has 4 nitrogen and oxygen atoms in total. The van der Waals surface area contributed by atoms with Gasteiger partial charge in [0, 0.05) is 5.27 Å². The Bertz CT molecular complexity index is 183. The van der Waals surface area contributed by atoms with Gasteiger partial charge in [0.15, 0.2) is 6.26 Å². The van der Waals surface area contributed by atoms with Crippen molar-refractivity contribution in [1.82, 2.24) is 10.4 Å². The second kappa shape index (κ2) is 2.41. The van der Waals surface area contributed by atoms with Gasteiger partial charge in [0.2, 0.25) is 0 Å². The first-order chi connectivity index (χ1) is 4.34. The van der Waals surface area contributed by atoms with Crippen LogP contribution in [0.4, 0.5) is 0 Å². The highest BCUT2D eigenvalue weighted by molar-refractivity contribution is 5.01. The second-order valence-corrected chi connectivity index (χ2v) is 1.51. The average Bonchev–Trinajstić information content (AvgIpc) is 2.37. The summed E-state index contributed by atoms with van der Waals surface area (Å²) in [5.41, 5.74) is 0.380. The Balaban J connectivity index is 2.76. The van der Waals surface area contributed by atoms with E-state index in [0.717, 1.165) is 0 Å². The normalized spacial score (nSPS) is 13.0. The number of hydrogen-bond donors (Lipinski definition) is 1. The fraction of sp³-hybridized carbons (Fsp3) is 0.200. The van der Waals surface area contributed by atoms with Gasteiger partial charge in [0.25, 0.3) is 0 Å². The van der Waals surface area contributed by atoms with Crippen LogP contribution in [0.15, 0.2) is 23.4 Å². The van der Waals surface area contributed by atoms with Gasteiger partial charge < -0.3 is 9.63 Å². The monoisotopic (exact) mass is 126 g/mol. The summed E-state index contributed by atoms with van der Waals surface area (Å²) in [6.45, 7) is 3.36. The van der Waals surface area contributed by atoms with E-state index < -0.39 is 6.10 Å². The molecule has 0 amide bonds. The van der Waals surface area contributed by atoms with E-state index in [1.807, 2.05) is 0 Å². The maximum atomic E-state index is 8.94. The molecule has 1 N–H and O–H groups in total. The average molecular weight is 126 g/mol. The first kappa shape index (κ1) is 5.97. The molecule has 1 unspecified atom stereocenters.